The maximum Gasteiger partial charge on any atom is 0.337 e. The van der Waals surface area contributed by atoms with Crippen molar-refractivity contribution >= 4 is 17.6 Å². The molecule has 1 amide bonds. The molecule has 102 valence electrons. The van der Waals surface area contributed by atoms with Crippen LogP contribution in [0.2, 0.25) is 0 Å². The number of ether oxygens (including phenoxy) is 1. The molecule has 5 nitrogen and oxygen atoms in total. The Bertz CT molecular complexity index is 495. The third kappa shape index (κ3) is 3.32. The summed E-state index contributed by atoms with van der Waals surface area (Å²) in [6.45, 7) is 0. The number of carbonyl (C=O) groups excluding carboxylic acids is 2. The SMILES string of the molecule is COC(=O)c1cccc(NC(=O)CC2(N)CCC2)c1. The van der Waals surface area contributed by atoms with Gasteiger partial charge in [0.2, 0.25) is 5.91 Å². The summed E-state index contributed by atoms with van der Waals surface area (Å²) in [5, 5.41) is 2.76. The van der Waals surface area contributed by atoms with Gasteiger partial charge < -0.3 is 15.8 Å². The van der Waals surface area contributed by atoms with Gasteiger partial charge in [-0.15, -0.1) is 0 Å². The first-order valence-corrected chi connectivity index (χ1v) is 6.29. The van der Waals surface area contributed by atoms with Crippen LogP contribution in [0.1, 0.15) is 36.0 Å². The fourth-order valence-electron chi connectivity index (χ4n) is 2.17. The van der Waals surface area contributed by atoms with E-state index in [1.54, 1.807) is 24.3 Å². The zero-order valence-corrected chi connectivity index (χ0v) is 10.9. The van der Waals surface area contributed by atoms with Crippen LogP contribution < -0.4 is 11.1 Å². The van der Waals surface area contributed by atoms with Gasteiger partial charge in [-0.2, -0.15) is 0 Å². The first-order valence-electron chi connectivity index (χ1n) is 6.29. The lowest BCUT2D eigenvalue weighted by Gasteiger charge is -2.37. The molecule has 1 aromatic carbocycles. The second kappa shape index (κ2) is 5.40. The van der Waals surface area contributed by atoms with E-state index in [1.165, 1.54) is 7.11 Å². The summed E-state index contributed by atoms with van der Waals surface area (Å²) < 4.78 is 4.63. The molecule has 0 atom stereocenters. The van der Waals surface area contributed by atoms with Gasteiger partial charge in [0.1, 0.15) is 0 Å². The summed E-state index contributed by atoms with van der Waals surface area (Å²) in [6.07, 6.45) is 3.18. The normalized spacial score (nSPS) is 16.3. The highest BCUT2D eigenvalue weighted by atomic mass is 16.5. The molecule has 0 radical (unpaired) electrons. The van der Waals surface area contributed by atoms with E-state index in [1.807, 2.05) is 0 Å². The molecule has 0 unspecified atom stereocenters. The summed E-state index contributed by atoms with van der Waals surface area (Å²) >= 11 is 0. The van der Waals surface area contributed by atoms with Crippen LogP contribution in [-0.4, -0.2) is 24.5 Å². The van der Waals surface area contributed by atoms with Crippen molar-refractivity contribution < 1.29 is 14.3 Å². The van der Waals surface area contributed by atoms with E-state index in [9.17, 15) is 9.59 Å². The molecule has 0 heterocycles. The number of hydrogen-bond donors (Lipinski definition) is 2. The van der Waals surface area contributed by atoms with Gasteiger partial charge in [0.25, 0.3) is 0 Å². The molecule has 0 aliphatic heterocycles. The fraction of sp³-hybridized carbons (Fsp3) is 0.429. The Kier molecular flexibility index (Phi) is 3.85. The van der Waals surface area contributed by atoms with Crippen molar-refractivity contribution in [1.82, 2.24) is 0 Å². The molecule has 19 heavy (non-hydrogen) atoms. The molecule has 0 spiro atoms. The van der Waals surface area contributed by atoms with Gasteiger partial charge in [0, 0.05) is 17.6 Å². The lowest BCUT2D eigenvalue weighted by molar-refractivity contribution is -0.118. The fourth-order valence-corrected chi connectivity index (χ4v) is 2.17. The van der Waals surface area contributed by atoms with Gasteiger partial charge in [-0.1, -0.05) is 6.07 Å². The van der Waals surface area contributed by atoms with Crippen LogP contribution in [0.5, 0.6) is 0 Å². The first-order chi connectivity index (χ1) is 9.02. The molecule has 2 rings (SSSR count). The van der Waals surface area contributed by atoms with Crippen molar-refractivity contribution in [3.63, 3.8) is 0 Å². The molecule has 1 saturated carbocycles. The molecule has 1 aliphatic rings. The Morgan fingerprint density at radius 3 is 2.74 bits per heavy atom. The number of hydrogen-bond acceptors (Lipinski definition) is 4. The number of rotatable bonds is 4. The third-order valence-corrected chi connectivity index (χ3v) is 3.43. The molecule has 0 bridgehead atoms. The summed E-state index contributed by atoms with van der Waals surface area (Å²) in [4.78, 5) is 23.2. The van der Waals surface area contributed by atoms with Crippen molar-refractivity contribution in [3.05, 3.63) is 29.8 Å². The summed E-state index contributed by atoms with van der Waals surface area (Å²) in [5.74, 6) is -0.547. The van der Waals surface area contributed by atoms with Crippen LogP contribution in [0.25, 0.3) is 0 Å². The Morgan fingerprint density at radius 2 is 2.16 bits per heavy atom. The highest BCUT2D eigenvalue weighted by Crippen LogP contribution is 2.32. The minimum Gasteiger partial charge on any atom is -0.465 e. The van der Waals surface area contributed by atoms with Gasteiger partial charge in [0.15, 0.2) is 0 Å². The first kappa shape index (κ1) is 13.5. The van der Waals surface area contributed by atoms with Crippen molar-refractivity contribution in [3.8, 4) is 0 Å². The Hall–Kier alpha value is -1.88. The van der Waals surface area contributed by atoms with Gasteiger partial charge in [-0.05, 0) is 37.5 Å². The van der Waals surface area contributed by atoms with Crippen molar-refractivity contribution in [2.24, 2.45) is 5.73 Å². The molecule has 0 saturated heterocycles. The zero-order valence-electron chi connectivity index (χ0n) is 10.9. The maximum absolute atomic E-state index is 11.9. The second-order valence-electron chi connectivity index (χ2n) is 5.01. The van der Waals surface area contributed by atoms with E-state index in [-0.39, 0.29) is 11.4 Å². The molecular formula is C14H18N2O3. The van der Waals surface area contributed by atoms with E-state index in [0.717, 1.165) is 19.3 Å². The monoisotopic (exact) mass is 262 g/mol. The molecule has 1 fully saturated rings. The van der Waals surface area contributed by atoms with Crippen LogP contribution in [0.15, 0.2) is 24.3 Å². The summed E-state index contributed by atoms with van der Waals surface area (Å²) in [6, 6.07) is 6.66. The van der Waals surface area contributed by atoms with Crippen LogP contribution in [0, 0.1) is 0 Å². The quantitative estimate of drug-likeness (QED) is 0.809. The number of methoxy groups -OCH3 is 1. The topological polar surface area (TPSA) is 81.4 Å². The van der Waals surface area contributed by atoms with Crippen LogP contribution in [-0.2, 0) is 9.53 Å². The van der Waals surface area contributed by atoms with E-state index in [0.29, 0.717) is 17.7 Å². The number of amides is 1. The number of carbonyl (C=O) groups is 2. The Morgan fingerprint density at radius 1 is 1.42 bits per heavy atom. The average molecular weight is 262 g/mol. The van der Waals surface area contributed by atoms with Crippen LogP contribution in [0.4, 0.5) is 5.69 Å². The van der Waals surface area contributed by atoms with Gasteiger partial charge in [0.05, 0.1) is 12.7 Å². The molecule has 1 aromatic rings. The van der Waals surface area contributed by atoms with Gasteiger partial charge in [-0.3, -0.25) is 4.79 Å². The molecule has 3 N–H and O–H groups in total. The summed E-state index contributed by atoms with van der Waals surface area (Å²) in [7, 11) is 1.32. The standard InChI is InChI=1S/C14H18N2O3/c1-19-13(18)10-4-2-5-11(8-10)16-12(17)9-14(15)6-3-7-14/h2,4-5,8H,3,6-7,9,15H2,1H3,(H,16,17). The smallest absolute Gasteiger partial charge is 0.337 e. The summed E-state index contributed by atoms with van der Waals surface area (Å²) in [5.41, 5.74) is 6.67. The lowest BCUT2D eigenvalue weighted by atomic mass is 9.75. The minimum absolute atomic E-state index is 0.121. The molecule has 5 heteroatoms. The predicted octanol–water partition coefficient (Wildman–Crippen LogP) is 1.68. The van der Waals surface area contributed by atoms with Crippen LogP contribution >= 0.6 is 0 Å². The Balaban J connectivity index is 1.98. The Labute approximate surface area is 112 Å². The highest BCUT2D eigenvalue weighted by Gasteiger charge is 2.34. The molecule has 1 aliphatic carbocycles. The number of nitrogens with two attached hydrogens (primary N) is 1. The van der Waals surface area contributed by atoms with Gasteiger partial charge >= 0.3 is 5.97 Å². The van der Waals surface area contributed by atoms with E-state index >= 15 is 0 Å². The number of nitrogens with one attached hydrogen (secondary N) is 1. The number of esters is 1. The van der Waals surface area contributed by atoms with E-state index < -0.39 is 5.97 Å². The largest absolute Gasteiger partial charge is 0.465 e. The van der Waals surface area contributed by atoms with Crippen molar-refractivity contribution in [2.45, 2.75) is 31.2 Å². The van der Waals surface area contributed by atoms with Gasteiger partial charge in [-0.25, -0.2) is 4.79 Å². The zero-order chi connectivity index (χ0) is 13.9. The molecular weight excluding hydrogens is 244 g/mol. The lowest BCUT2D eigenvalue weighted by Crippen LogP contribution is -2.48. The number of anilines is 1. The van der Waals surface area contributed by atoms with Crippen molar-refractivity contribution in [2.75, 3.05) is 12.4 Å². The minimum atomic E-state index is -0.426. The highest BCUT2D eigenvalue weighted by molar-refractivity contribution is 5.94. The average Bonchev–Trinajstić information content (AvgIpc) is 2.36. The number of benzene rings is 1. The third-order valence-electron chi connectivity index (χ3n) is 3.43. The van der Waals surface area contributed by atoms with E-state index in [2.05, 4.69) is 10.1 Å². The maximum atomic E-state index is 11.9. The predicted molar refractivity (Wildman–Crippen MR) is 71.8 cm³/mol. The van der Waals surface area contributed by atoms with Crippen molar-refractivity contribution in [1.29, 1.82) is 0 Å². The van der Waals surface area contributed by atoms with E-state index in [4.69, 9.17) is 5.73 Å². The van der Waals surface area contributed by atoms with Crippen LogP contribution in [0.3, 0.4) is 0 Å². The molecule has 0 aromatic heterocycles. The second-order valence-corrected chi connectivity index (χ2v) is 5.01.